The molecule has 7 nitrogen and oxygen atoms in total. The summed E-state index contributed by atoms with van der Waals surface area (Å²) in [6, 6.07) is 12.6. The number of benzene rings is 2. The van der Waals surface area contributed by atoms with Gasteiger partial charge in [0.2, 0.25) is 0 Å². The van der Waals surface area contributed by atoms with Crippen molar-refractivity contribution in [2.75, 3.05) is 25.5 Å². The van der Waals surface area contributed by atoms with Gasteiger partial charge in [-0.2, -0.15) is 5.10 Å². The van der Waals surface area contributed by atoms with Gasteiger partial charge in [0.25, 0.3) is 5.56 Å². The average molecular weight is 465 g/mol. The SMILES string of the molecule is CNCCCOC(=O)Nc1cccc(Cn2nc(-c3cc(F)cc(F)c3)ccc2=O)c1.Cl. The quantitative estimate of drug-likeness (QED) is 0.495. The second-order valence-corrected chi connectivity index (χ2v) is 6.79. The summed E-state index contributed by atoms with van der Waals surface area (Å²) < 4.78 is 33.3. The zero-order valence-corrected chi connectivity index (χ0v) is 18.1. The van der Waals surface area contributed by atoms with Crippen molar-refractivity contribution in [1.82, 2.24) is 15.1 Å². The number of nitrogens with zero attached hydrogens (tertiary/aromatic N) is 2. The number of amides is 1. The topological polar surface area (TPSA) is 85.2 Å². The summed E-state index contributed by atoms with van der Waals surface area (Å²) in [5.74, 6) is -1.46. The zero-order chi connectivity index (χ0) is 22.2. The van der Waals surface area contributed by atoms with Crippen LogP contribution < -0.4 is 16.2 Å². The van der Waals surface area contributed by atoms with Crippen LogP contribution in [0.15, 0.2) is 59.4 Å². The van der Waals surface area contributed by atoms with Gasteiger partial charge in [-0.05, 0) is 55.9 Å². The van der Waals surface area contributed by atoms with Gasteiger partial charge in [0.05, 0.1) is 18.8 Å². The Morgan fingerprint density at radius 1 is 1.09 bits per heavy atom. The lowest BCUT2D eigenvalue weighted by atomic mass is 10.1. The van der Waals surface area contributed by atoms with Crippen LogP contribution in [0.3, 0.4) is 0 Å². The summed E-state index contributed by atoms with van der Waals surface area (Å²) in [5, 5.41) is 9.82. The van der Waals surface area contributed by atoms with Crippen molar-refractivity contribution < 1.29 is 18.3 Å². The van der Waals surface area contributed by atoms with Gasteiger partial charge < -0.3 is 10.1 Å². The maximum Gasteiger partial charge on any atom is 0.411 e. The van der Waals surface area contributed by atoms with Gasteiger partial charge in [0.15, 0.2) is 0 Å². The lowest BCUT2D eigenvalue weighted by Gasteiger charge is -2.10. The molecule has 0 aliphatic heterocycles. The first-order valence-corrected chi connectivity index (χ1v) is 9.66. The molecule has 0 aliphatic rings. The first kappa shape index (κ1) is 25.0. The van der Waals surface area contributed by atoms with E-state index in [1.165, 1.54) is 16.8 Å². The molecule has 0 fully saturated rings. The highest BCUT2D eigenvalue weighted by Crippen LogP contribution is 2.19. The molecule has 3 aromatic rings. The largest absolute Gasteiger partial charge is 0.449 e. The minimum atomic E-state index is -0.730. The smallest absolute Gasteiger partial charge is 0.411 e. The first-order valence-electron chi connectivity index (χ1n) is 9.66. The number of aromatic nitrogens is 2. The molecule has 170 valence electrons. The van der Waals surface area contributed by atoms with E-state index in [2.05, 4.69) is 15.7 Å². The molecule has 1 heterocycles. The highest BCUT2D eigenvalue weighted by Gasteiger charge is 2.09. The molecule has 0 spiro atoms. The van der Waals surface area contributed by atoms with Crippen molar-refractivity contribution in [2.24, 2.45) is 0 Å². The minimum absolute atomic E-state index is 0. The van der Waals surface area contributed by atoms with Gasteiger partial charge in [0.1, 0.15) is 11.6 Å². The standard InChI is InChI=1S/C22H22F2N4O3.ClH/c1-25-8-3-9-31-22(30)26-19-5-2-4-15(10-19)14-28-21(29)7-6-20(27-28)16-11-17(23)13-18(24)12-16;/h2,4-7,10-13,25H,3,8-9,14H2,1H3,(H,26,30);1H. The fourth-order valence-corrected chi connectivity index (χ4v) is 2.91. The van der Waals surface area contributed by atoms with E-state index in [9.17, 15) is 18.4 Å². The summed E-state index contributed by atoms with van der Waals surface area (Å²) in [7, 11) is 1.82. The number of carbonyl (C=O) groups is 1. The number of hydrogen-bond donors (Lipinski definition) is 2. The Labute approximate surface area is 189 Å². The number of anilines is 1. The van der Waals surface area contributed by atoms with Crippen LogP contribution in [0.1, 0.15) is 12.0 Å². The number of rotatable bonds is 8. The second-order valence-electron chi connectivity index (χ2n) is 6.79. The third-order valence-corrected chi connectivity index (χ3v) is 4.33. The van der Waals surface area contributed by atoms with Crippen LogP contribution in [0.25, 0.3) is 11.3 Å². The summed E-state index contributed by atoms with van der Waals surface area (Å²) >= 11 is 0. The fourth-order valence-electron chi connectivity index (χ4n) is 2.91. The van der Waals surface area contributed by atoms with Crippen molar-refractivity contribution in [3.8, 4) is 11.3 Å². The Bertz CT molecular complexity index is 1100. The normalized spacial score (nSPS) is 10.3. The monoisotopic (exact) mass is 464 g/mol. The lowest BCUT2D eigenvalue weighted by Crippen LogP contribution is -2.23. The molecule has 0 atom stereocenters. The average Bonchev–Trinajstić information content (AvgIpc) is 2.72. The molecule has 0 saturated carbocycles. The van der Waals surface area contributed by atoms with Crippen molar-refractivity contribution in [3.05, 3.63) is 82.1 Å². The van der Waals surface area contributed by atoms with E-state index in [1.807, 2.05) is 7.05 Å². The number of carbonyl (C=O) groups excluding carboxylic acids is 1. The Morgan fingerprint density at radius 3 is 2.56 bits per heavy atom. The van der Waals surface area contributed by atoms with E-state index in [4.69, 9.17) is 4.74 Å². The van der Waals surface area contributed by atoms with Crippen LogP contribution in [0.5, 0.6) is 0 Å². The molecule has 0 aliphatic carbocycles. The van der Waals surface area contributed by atoms with Crippen LogP contribution in [-0.2, 0) is 11.3 Å². The number of hydrogen-bond acceptors (Lipinski definition) is 5. The van der Waals surface area contributed by atoms with E-state index in [0.717, 1.165) is 24.7 Å². The molecule has 2 aromatic carbocycles. The molecular weight excluding hydrogens is 442 g/mol. The summed E-state index contributed by atoms with van der Waals surface area (Å²) in [6.45, 7) is 1.14. The molecule has 2 N–H and O–H groups in total. The van der Waals surface area contributed by atoms with Gasteiger partial charge >= 0.3 is 6.09 Å². The van der Waals surface area contributed by atoms with Crippen LogP contribution in [-0.4, -0.2) is 36.1 Å². The van der Waals surface area contributed by atoms with Crippen LogP contribution >= 0.6 is 12.4 Å². The van der Waals surface area contributed by atoms with Gasteiger partial charge in [-0.1, -0.05) is 12.1 Å². The molecule has 10 heteroatoms. The summed E-state index contributed by atoms with van der Waals surface area (Å²) in [6.07, 6.45) is 0.128. The Balaban J connectivity index is 0.00000363. The molecule has 0 bridgehead atoms. The van der Waals surface area contributed by atoms with Crippen LogP contribution in [0.4, 0.5) is 19.3 Å². The molecular formula is C22H23ClF2N4O3. The Hall–Kier alpha value is -3.30. The van der Waals surface area contributed by atoms with Crippen molar-refractivity contribution in [3.63, 3.8) is 0 Å². The molecule has 1 amide bonds. The molecule has 0 unspecified atom stereocenters. The fraction of sp³-hybridized carbons (Fsp3) is 0.227. The zero-order valence-electron chi connectivity index (χ0n) is 17.3. The molecule has 3 rings (SSSR count). The molecule has 0 radical (unpaired) electrons. The maximum absolute atomic E-state index is 13.5. The van der Waals surface area contributed by atoms with E-state index in [1.54, 1.807) is 24.3 Å². The summed E-state index contributed by atoms with van der Waals surface area (Å²) in [5.41, 5.74) is 1.32. The number of halogens is 3. The van der Waals surface area contributed by atoms with Gasteiger partial charge in [-0.3, -0.25) is 10.1 Å². The molecule has 0 saturated heterocycles. The Kier molecular flexibility index (Phi) is 9.30. The highest BCUT2D eigenvalue weighted by atomic mass is 35.5. The van der Waals surface area contributed by atoms with E-state index in [-0.39, 0.29) is 35.8 Å². The van der Waals surface area contributed by atoms with Crippen LogP contribution in [0.2, 0.25) is 0 Å². The predicted octanol–water partition coefficient (Wildman–Crippen LogP) is 3.82. The predicted molar refractivity (Wildman–Crippen MR) is 120 cm³/mol. The van der Waals surface area contributed by atoms with Crippen LogP contribution in [0, 0.1) is 11.6 Å². The third-order valence-electron chi connectivity index (χ3n) is 4.33. The van der Waals surface area contributed by atoms with E-state index >= 15 is 0 Å². The van der Waals surface area contributed by atoms with Crippen molar-refractivity contribution in [2.45, 2.75) is 13.0 Å². The van der Waals surface area contributed by atoms with Crippen molar-refractivity contribution >= 4 is 24.2 Å². The van der Waals surface area contributed by atoms with Gasteiger partial charge in [-0.15, -0.1) is 12.4 Å². The number of nitrogens with one attached hydrogen (secondary N) is 2. The van der Waals surface area contributed by atoms with E-state index < -0.39 is 17.7 Å². The summed E-state index contributed by atoms with van der Waals surface area (Å²) in [4.78, 5) is 24.1. The third kappa shape index (κ3) is 7.14. The van der Waals surface area contributed by atoms with Gasteiger partial charge in [0, 0.05) is 23.4 Å². The van der Waals surface area contributed by atoms with E-state index in [0.29, 0.717) is 24.3 Å². The number of ether oxygens (including phenoxy) is 1. The minimum Gasteiger partial charge on any atom is -0.449 e. The maximum atomic E-state index is 13.5. The lowest BCUT2D eigenvalue weighted by molar-refractivity contribution is 0.160. The van der Waals surface area contributed by atoms with Crippen molar-refractivity contribution in [1.29, 1.82) is 0 Å². The second kappa shape index (κ2) is 11.9. The van der Waals surface area contributed by atoms with Gasteiger partial charge in [-0.25, -0.2) is 18.3 Å². The molecule has 32 heavy (non-hydrogen) atoms. The highest BCUT2D eigenvalue weighted by molar-refractivity contribution is 5.85. The first-order chi connectivity index (χ1) is 14.9. The Morgan fingerprint density at radius 2 is 1.84 bits per heavy atom. The molecule has 1 aromatic heterocycles.